The molecule has 0 bridgehead atoms. The number of carbonyl (C=O) groups excluding carboxylic acids is 1. The number of piperazine rings is 1. The second-order valence-corrected chi connectivity index (χ2v) is 7.99. The van der Waals surface area contributed by atoms with Crippen LogP contribution in [0.2, 0.25) is 0 Å². The highest BCUT2D eigenvalue weighted by Crippen LogP contribution is 2.25. The lowest BCUT2D eigenvalue weighted by Crippen LogP contribution is -2.54. The number of carbonyl (C=O) groups is 1. The number of hydrogen-bond acceptors (Lipinski definition) is 4. The molecule has 5 heteroatoms. The zero-order valence-electron chi connectivity index (χ0n) is 18.4. The van der Waals surface area contributed by atoms with Crippen molar-refractivity contribution < 1.29 is 9.53 Å². The minimum Gasteiger partial charge on any atom is -0.444 e. The van der Waals surface area contributed by atoms with Crippen LogP contribution in [0.3, 0.4) is 0 Å². The maximum atomic E-state index is 12.5. The molecule has 0 N–H and O–H groups in total. The van der Waals surface area contributed by atoms with Crippen LogP contribution < -0.4 is 0 Å². The van der Waals surface area contributed by atoms with E-state index in [9.17, 15) is 4.79 Å². The molecule has 0 aromatic rings. The molecular formula is C22H37N3O2. The molecule has 1 saturated heterocycles. The Balaban J connectivity index is 3.09. The van der Waals surface area contributed by atoms with Crippen LogP contribution in [-0.2, 0) is 4.74 Å². The minimum atomic E-state index is -0.475. The molecule has 1 aliphatic heterocycles. The van der Waals surface area contributed by atoms with Gasteiger partial charge >= 0.3 is 6.09 Å². The molecule has 0 aliphatic carbocycles. The molecule has 1 atom stereocenters. The van der Waals surface area contributed by atoms with E-state index in [0.717, 1.165) is 25.2 Å². The monoisotopic (exact) mass is 375 g/mol. The molecule has 1 unspecified atom stereocenters. The van der Waals surface area contributed by atoms with Gasteiger partial charge in [0, 0.05) is 48.9 Å². The molecule has 0 spiro atoms. The Morgan fingerprint density at radius 2 is 1.93 bits per heavy atom. The van der Waals surface area contributed by atoms with E-state index in [0.29, 0.717) is 6.54 Å². The Morgan fingerprint density at radius 3 is 2.37 bits per heavy atom. The van der Waals surface area contributed by atoms with Crippen LogP contribution in [0.15, 0.2) is 40.7 Å². The van der Waals surface area contributed by atoms with E-state index in [1.54, 1.807) is 6.20 Å². The van der Waals surface area contributed by atoms with Gasteiger partial charge in [-0.1, -0.05) is 19.6 Å². The van der Waals surface area contributed by atoms with Crippen molar-refractivity contribution in [2.24, 2.45) is 4.99 Å². The summed E-state index contributed by atoms with van der Waals surface area (Å²) < 4.78 is 5.55. The van der Waals surface area contributed by atoms with Gasteiger partial charge in [-0.15, -0.1) is 0 Å². The summed E-state index contributed by atoms with van der Waals surface area (Å²) >= 11 is 0. The number of amides is 1. The third kappa shape index (κ3) is 6.26. The molecule has 1 amide bonds. The first kappa shape index (κ1) is 23.0. The lowest BCUT2D eigenvalue weighted by Gasteiger charge is -2.42. The number of rotatable bonds is 5. The van der Waals surface area contributed by atoms with Gasteiger partial charge in [0.1, 0.15) is 5.60 Å². The van der Waals surface area contributed by atoms with Gasteiger partial charge < -0.3 is 14.5 Å². The van der Waals surface area contributed by atoms with Crippen molar-refractivity contribution in [2.75, 3.05) is 19.6 Å². The smallest absolute Gasteiger partial charge is 0.410 e. The third-order valence-electron chi connectivity index (χ3n) is 4.79. The second kappa shape index (κ2) is 9.77. The van der Waals surface area contributed by atoms with Gasteiger partial charge in [0.2, 0.25) is 0 Å². The molecule has 1 rings (SSSR count). The van der Waals surface area contributed by atoms with Gasteiger partial charge in [-0.25, -0.2) is 4.79 Å². The van der Waals surface area contributed by atoms with Gasteiger partial charge in [0.05, 0.1) is 0 Å². The quantitative estimate of drug-likeness (QED) is 0.492. The van der Waals surface area contributed by atoms with Crippen molar-refractivity contribution in [2.45, 2.75) is 73.5 Å². The van der Waals surface area contributed by atoms with Crippen LogP contribution in [-0.4, -0.2) is 52.9 Å². The molecule has 0 aromatic heterocycles. The lowest BCUT2D eigenvalue weighted by atomic mass is 9.96. The van der Waals surface area contributed by atoms with E-state index in [1.807, 2.05) is 32.6 Å². The topological polar surface area (TPSA) is 45.1 Å². The van der Waals surface area contributed by atoms with Gasteiger partial charge in [-0.05, 0) is 60.5 Å². The van der Waals surface area contributed by atoms with Gasteiger partial charge in [-0.3, -0.25) is 4.99 Å². The van der Waals surface area contributed by atoms with Crippen molar-refractivity contribution >= 4 is 11.8 Å². The molecule has 27 heavy (non-hydrogen) atoms. The first-order valence-corrected chi connectivity index (χ1v) is 9.82. The lowest BCUT2D eigenvalue weighted by molar-refractivity contribution is 0.00494. The Kier molecular flexibility index (Phi) is 8.32. The van der Waals surface area contributed by atoms with Gasteiger partial charge in [0.15, 0.2) is 0 Å². The summed E-state index contributed by atoms with van der Waals surface area (Å²) in [7, 11) is 0. The summed E-state index contributed by atoms with van der Waals surface area (Å²) in [5.41, 5.74) is 4.15. The number of allylic oxidation sites excluding steroid dienone is 4. The predicted molar refractivity (Wildman–Crippen MR) is 114 cm³/mol. The molecule has 1 fully saturated rings. The summed E-state index contributed by atoms with van der Waals surface area (Å²) in [6.07, 6.45) is 4.46. The largest absolute Gasteiger partial charge is 0.444 e. The zero-order valence-corrected chi connectivity index (χ0v) is 18.4. The molecular weight excluding hydrogens is 338 g/mol. The van der Waals surface area contributed by atoms with Gasteiger partial charge in [-0.2, -0.15) is 0 Å². The fourth-order valence-corrected chi connectivity index (χ4v) is 3.47. The van der Waals surface area contributed by atoms with Crippen molar-refractivity contribution in [3.63, 3.8) is 0 Å². The van der Waals surface area contributed by atoms with E-state index < -0.39 is 5.60 Å². The SMILES string of the molecule is C=CN=C(C)C(/C(=C\C)CC)=C(\C)N1CCN(C(=O)OC(C)(C)C)C(C)C1. The first-order valence-electron chi connectivity index (χ1n) is 9.82. The van der Waals surface area contributed by atoms with Crippen LogP contribution in [0, 0.1) is 0 Å². The average molecular weight is 376 g/mol. The Bertz CT molecular complexity index is 634. The van der Waals surface area contributed by atoms with Crippen LogP contribution in [0.25, 0.3) is 0 Å². The standard InChI is InChI=1S/C22H37N3O2/c1-10-19(11-2)20(17(5)23-12-3)18(6)24-13-14-25(16(4)15-24)21(26)27-22(7,8)9/h10,12,16H,3,11,13-15H2,1-2,4-9H3/b19-10-,20-18-,23-17?. The van der Waals surface area contributed by atoms with Crippen molar-refractivity contribution in [1.82, 2.24) is 9.80 Å². The highest BCUT2D eigenvalue weighted by Gasteiger charge is 2.31. The summed E-state index contributed by atoms with van der Waals surface area (Å²) in [5.74, 6) is 0. The first-order chi connectivity index (χ1) is 12.6. The Labute approximate surface area is 165 Å². The molecule has 152 valence electrons. The third-order valence-corrected chi connectivity index (χ3v) is 4.79. The number of hydrogen-bond donors (Lipinski definition) is 0. The fourth-order valence-electron chi connectivity index (χ4n) is 3.47. The maximum Gasteiger partial charge on any atom is 0.410 e. The van der Waals surface area contributed by atoms with E-state index in [-0.39, 0.29) is 12.1 Å². The normalized spacial score (nSPS) is 20.4. The van der Waals surface area contributed by atoms with Crippen LogP contribution in [0.5, 0.6) is 0 Å². The Morgan fingerprint density at radius 1 is 1.30 bits per heavy atom. The average Bonchev–Trinajstić information content (AvgIpc) is 2.57. The van der Waals surface area contributed by atoms with Crippen LogP contribution in [0.4, 0.5) is 4.79 Å². The second-order valence-electron chi connectivity index (χ2n) is 7.99. The minimum absolute atomic E-state index is 0.0807. The van der Waals surface area contributed by atoms with Crippen LogP contribution in [0.1, 0.15) is 61.8 Å². The van der Waals surface area contributed by atoms with Crippen LogP contribution >= 0.6 is 0 Å². The summed E-state index contributed by atoms with van der Waals surface area (Å²) in [4.78, 5) is 21.1. The Hall–Kier alpha value is -2.04. The van der Waals surface area contributed by atoms with E-state index in [4.69, 9.17) is 4.74 Å². The molecule has 0 saturated carbocycles. The predicted octanol–water partition coefficient (Wildman–Crippen LogP) is 5.16. The van der Waals surface area contributed by atoms with E-state index in [2.05, 4.69) is 50.2 Å². The zero-order chi connectivity index (χ0) is 20.8. The molecule has 1 heterocycles. The molecule has 0 radical (unpaired) electrons. The number of ether oxygens (including phenoxy) is 1. The number of aliphatic imine (C=N–C) groups is 1. The van der Waals surface area contributed by atoms with E-state index >= 15 is 0 Å². The van der Waals surface area contributed by atoms with Crippen molar-refractivity contribution in [3.05, 3.63) is 35.7 Å². The maximum absolute atomic E-state index is 12.5. The number of nitrogens with zero attached hydrogens (tertiary/aromatic N) is 3. The highest BCUT2D eigenvalue weighted by atomic mass is 16.6. The molecule has 0 aromatic carbocycles. The van der Waals surface area contributed by atoms with Crippen molar-refractivity contribution in [3.8, 4) is 0 Å². The van der Waals surface area contributed by atoms with Gasteiger partial charge in [0.25, 0.3) is 0 Å². The summed E-state index contributed by atoms with van der Waals surface area (Å²) in [5, 5.41) is 0. The highest BCUT2D eigenvalue weighted by molar-refractivity contribution is 6.03. The van der Waals surface area contributed by atoms with Crippen molar-refractivity contribution in [1.29, 1.82) is 0 Å². The molecule has 5 nitrogen and oxygen atoms in total. The molecule has 1 aliphatic rings. The summed E-state index contributed by atoms with van der Waals surface area (Å²) in [6, 6.07) is 0.0807. The van der Waals surface area contributed by atoms with E-state index in [1.165, 1.54) is 16.8 Å². The fraction of sp³-hybridized carbons (Fsp3) is 0.636. The summed E-state index contributed by atoms with van der Waals surface area (Å²) in [6.45, 7) is 22.1.